The molecule has 0 amide bonds. The van der Waals surface area contributed by atoms with Gasteiger partial charge >= 0.3 is 0 Å². The second-order valence-corrected chi connectivity index (χ2v) is 19.3. The topological polar surface area (TPSA) is 54.1 Å². The number of allylic oxidation sites excluding steroid dienone is 10. The summed E-state index contributed by atoms with van der Waals surface area (Å²) in [6, 6.07) is 62.9. The molecule has 70 heavy (non-hydrogen) atoms. The minimum Gasteiger partial charge on any atom is -0.309 e. The van der Waals surface area contributed by atoms with Gasteiger partial charge in [0.1, 0.15) is 0 Å². The zero-order valence-electron chi connectivity index (χ0n) is 38.3. The largest absolute Gasteiger partial charge is 0.309 e. The molecule has 0 unspecified atom stereocenters. The van der Waals surface area contributed by atoms with Crippen LogP contribution in [0.5, 0.6) is 0 Å². The first-order valence-corrected chi connectivity index (χ1v) is 24.5. The van der Waals surface area contributed by atoms with Crippen molar-refractivity contribution in [3.63, 3.8) is 0 Å². The van der Waals surface area contributed by atoms with E-state index in [1.165, 1.54) is 48.0 Å². The maximum atomic E-state index is 10.3. The maximum Gasteiger partial charge on any atom is 0.0991 e. The molecule has 0 aliphatic heterocycles. The number of fused-ring (bicyclic) bond motifs is 3. The van der Waals surface area contributed by atoms with E-state index in [9.17, 15) is 10.5 Å². The van der Waals surface area contributed by atoms with Crippen molar-refractivity contribution < 1.29 is 0 Å². The van der Waals surface area contributed by atoms with Gasteiger partial charge in [-0.1, -0.05) is 146 Å². The molecule has 0 fully saturated rings. The quantitative estimate of drug-likeness (QED) is 0.143. The third-order valence-electron chi connectivity index (χ3n) is 14.2. The molecule has 0 bridgehead atoms. The van der Waals surface area contributed by atoms with Gasteiger partial charge < -0.3 is 9.80 Å². The molecular weight excluding hydrogens is 869 g/mol. The van der Waals surface area contributed by atoms with Crippen LogP contribution in [0.4, 0.5) is 28.4 Å². The number of anilines is 5. The Bertz CT molecular complexity index is 4090. The minimum absolute atomic E-state index is 0.609. The van der Waals surface area contributed by atoms with Crippen LogP contribution < -0.4 is 9.80 Å². The van der Waals surface area contributed by atoms with Crippen molar-refractivity contribution in [3.05, 3.63) is 250 Å². The Balaban J connectivity index is 1.10. The molecule has 0 radical (unpaired) electrons. The fourth-order valence-corrected chi connectivity index (χ4v) is 12.3. The molecule has 0 atom stereocenters. The average Bonchev–Trinajstić information content (AvgIpc) is 4.17. The molecule has 1 heterocycles. The molecule has 0 N–H and O–H groups in total. The van der Waals surface area contributed by atoms with Crippen LogP contribution in [0.25, 0.3) is 70.7 Å². The summed E-state index contributed by atoms with van der Waals surface area (Å²) in [4.78, 5) is 6.24. The predicted molar refractivity (Wildman–Crippen MR) is 294 cm³/mol. The van der Waals surface area contributed by atoms with Gasteiger partial charge in [-0.3, -0.25) is 0 Å². The first kappa shape index (κ1) is 41.2. The molecule has 328 valence electrons. The van der Waals surface area contributed by atoms with Gasteiger partial charge in [-0.25, -0.2) is 0 Å². The minimum atomic E-state index is 0.609. The van der Waals surface area contributed by atoms with Crippen LogP contribution in [0.15, 0.2) is 229 Å². The van der Waals surface area contributed by atoms with E-state index in [4.69, 9.17) is 0 Å². The van der Waals surface area contributed by atoms with Gasteiger partial charge in [-0.05, 0) is 135 Å². The van der Waals surface area contributed by atoms with Crippen molar-refractivity contribution in [1.29, 1.82) is 10.5 Å². The molecule has 0 spiro atoms. The lowest BCUT2D eigenvalue weighted by Gasteiger charge is -2.32. The van der Waals surface area contributed by atoms with Crippen LogP contribution in [0, 0.1) is 22.7 Å². The van der Waals surface area contributed by atoms with E-state index in [1.54, 1.807) is 0 Å². The molecule has 3 aliphatic rings. The smallest absolute Gasteiger partial charge is 0.0991 e. The number of hydrogen-bond acceptors (Lipinski definition) is 5. The summed E-state index contributed by atoms with van der Waals surface area (Å²) >= 11 is 1.88. The monoisotopic (exact) mass is 910 g/mol. The lowest BCUT2D eigenvalue weighted by atomic mass is 9.91. The third-order valence-corrected chi connectivity index (χ3v) is 15.5. The normalized spacial score (nSPS) is 15.8. The fraction of sp³-hybridized carbons (Fsp3) is 0.0462. The fourth-order valence-electron chi connectivity index (χ4n) is 11.0. The Morgan fingerprint density at radius 2 is 1.10 bits per heavy atom. The van der Waals surface area contributed by atoms with Gasteiger partial charge in [0.15, 0.2) is 0 Å². The molecule has 13 rings (SSSR count). The predicted octanol–water partition coefficient (Wildman–Crippen LogP) is 17.7. The lowest BCUT2D eigenvalue weighted by Crippen LogP contribution is -2.17. The summed E-state index contributed by atoms with van der Waals surface area (Å²) in [7, 11) is 0. The van der Waals surface area contributed by atoms with Gasteiger partial charge in [0.05, 0.1) is 56.4 Å². The first-order chi connectivity index (χ1) is 34.5. The highest BCUT2D eigenvalue weighted by Gasteiger charge is 2.28. The molecule has 0 saturated carbocycles. The molecule has 3 aliphatic carbocycles. The third kappa shape index (κ3) is 6.63. The second-order valence-electron chi connectivity index (χ2n) is 18.2. The molecule has 0 saturated heterocycles. The van der Waals surface area contributed by atoms with Gasteiger partial charge in [-0.15, -0.1) is 11.3 Å². The van der Waals surface area contributed by atoms with E-state index in [0.717, 1.165) is 90.8 Å². The van der Waals surface area contributed by atoms with Crippen LogP contribution in [0.2, 0.25) is 0 Å². The van der Waals surface area contributed by atoms with Crippen molar-refractivity contribution in [2.75, 3.05) is 9.80 Å². The first-order valence-electron chi connectivity index (χ1n) is 23.7. The molecular formula is C65H42N4S. The summed E-state index contributed by atoms with van der Waals surface area (Å²) in [5.74, 6) is 0. The maximum absolute atomic E-state index is 10.3. The van der Waals surface area contributed by atoms with Crippen LogP contribution in [-0.2, 0) is 6.42 Å². The van der Waals surface area contributed by atoms with E-state index in [-0.39, 0.29) is 0 Å². The molecule has 4 nitrogen and oxygen atoms in total. The number of rotatable bonds is 8. The van der Waals surface area contributed by atoms with E-state index in [0.29, 0.717) is 11.1 Å². The molecule has 5 heteroatoms. The van der Waals surface area contributed by atoms with Crippen LogP contribution in [0.1, 0.15) is 34.9 Å². The Hall–Kier alpha value is -9.00. The van der Waals surface area contributed by atoms with Crippen molar-refractivity contribution in [3.8, 4) is 34.4 Å². The van der Waals surface area contributed by atoms with Gasteiger partial charge in [0.25, 0.3) is 0 Å². The Morgan fingerprint density at radius 3 is 1.74 bits per heavy atom. The van der Waals surface area contributed by atoms with E-state index in [2.05, 4.69) is 205 Å². The molecule has 10 aromatic rings. The highest BCUT2D eigenvalue weighted by atomic mass is 32.1. The standard InChI is InChI=1S/C65H42N4S/c1-41-12-8-18-49(38-48-17-9-19-50(41)48)68(59-32-24-42(39-66)36-55(59)44-13-4-2-5-14-44)57-34-28-46-27-31-54-58(35-29-47-26-30-53(57)63(46)64(47)54)69(61-22-10-21-52-51-20-11-23-62(51)70-65(52)61)60-33-25-43(40-67)37-56(60)45-15-6-3-7-16-45/h2-16,18-22,24-38H,17,23H2,1H3/b12-8?,18-8-,41-12+,48-38?,49-18?,49-38+,50-41?. The number of thiophene rings is 1. The zero-order valence-corrected chi connectivity index (χ0v) is 39.1. The number of nitriles is 2. The summed E-state index contributed by atoms with van der Waals surface area (Å²) in [5.41, 5.74) is 16.6. The highest BCUT2D eigenvalue weighted by molar-refractivity contribution is 7.20. The lowest BCUT2D eigenvalue weighted by molar-refractivity contribution is 1.18. The average molecular weight is 911 g/mol. The summed E-state index contributed by atoms with van der Waals surface area (Å²) in [6.45, 7) is 2.19. The number of benzene rings is 9. The molecule has 9 aromatic carbocycles. The Morgan fingerprint density at radius 1 is 0.514 bits per heavy atom. The summed E-state index contributed by atoms with van der Waals surface area (Å²) < 4.78 is 1.24. The summed E-state index contributed by atoms with van der Waals surface area (Å²) in [6.07, 6.45) is 19.8. The van der Waals surface area contributed by atoms with Crippen LogP contribution in [0.3, 0.4) is 0 Å². The van der Waals surface area contributed by atoms with Crippen LogP contribution in [-0.4, -0.2) is 0 Å². The zero-order chi connectivity index (χ0) is 46.9. The van der Waals surface area contributed by atoms with E-state index < -0.39 is 0 Å². The van der Waals surface area contributed by atoms with Crippen molar-refractivity contribution in [2.45, 2.75) is 19.8 Å². The van der Waals surface area contributed by atoms with E-state index >= 15 is 0 Å². The Labute approximate surface area is 410 Å². The molecule has 1 aromatic heterocycles. The van der Waals surface area contributed by atoms with Crippen molar-refractivity contribution in [2.24, 2.45) is 0 Å². The second kappa shape index (κ2) is 16.7. The number of hydrogen-bond donors (Lipinski definition) is 0. The van der Waals surface area contributed by atoms with Crippen molar-refractivity contribution in [1.82, 2.24) is 0 Å². The SMILES string of the molecule is C\C1=C/C=C\C(N(c2ccc(C#N)cc2-c2ccccc2)c2ccc3ccc4c(N(c5ccc(C#N)cc5-c5ccccc5)c5cccc6c7c(sc56)CC=C7)ccc5ccc2c3c54)=C/C2=C1C=CC2. The van der Waals surface area contributed by atoms with Gasteiger partial charge in [-0.2, -0.15) is 10.5 Å². The van der Waals surface area contributed by atoms with Gasteiger partial charge in [0, 0.05) is 44.3 Å². The van der Waals surface area contributed by atoms with E-state index in [1.807, 2.05) is 47.7 Å². The van der Waals surface area contributed by atoms with Gasteiger partial charge in [0.2, 0.25) is 0 Å². The van der Waals surface area contributed by atoms with Crippen molar-refractivity contribution >= 4 is 88.3 Å². The Kier molecular flexibility index (Phi) is 9.80. The number of nitrogens with zero attached hydrogens (tertiary/aromatic N) is 4. The van der Waals surface area contributed by atoms with Crippen LogP contribution >= 0.6 is 11.3 Å². The summed E-state index contributed by atoms with van der Waals surface area (Å²) in [5, 5.41) is 28.7. The highest BCUT2D eigenvalue weighted by Crippen LogP contribution is 2.52.